The first-order chi connectivity index (χ1) is 7.79. The van der Waals surface area contributed by atoms with Gasteiger partial charge >= 0.3 is 0 Å². The van der Waals surface area contributed by atoms with Gasteiger partial charge in [-0.25, -0.2) is 0 Å². The van der Waals surface area contributed by atoms with Gasteiger partial charge in [-0.15, -0.1) is 11.6 Å². The van der Waals surface area contributed by atoms with E-state index in [1.54, 1.807) is 4.90 Å². The molecule has 0 unspecified atom stereocenters. The zero-order chi connectivity index (χ0) is 11.8. The summed E-state index contributed by atoms with van der Waals surface area (Å²) in [6.45, 7) is 2.90. The Kier molecular flexibility index (Phi) is 5.94. The number of amides is 1. The predicted molar refractivity (Wildman–Crippen MR) is 69.0 cm³/mol. The molecule has 1 aromatic rings. The second kappa shape index (κ2) is 7.29. The summed E-state index contributed by atoms with van der Waals surface area (Å²) in [4.78, 5) is 13.5. The quantitative estimate of drug-likeness (QED) is 0.550. The van der Waals surface area contributed by atoms with Crippen molar-refractivity contribution in [1.82, 2.24) is 0 Å². The number of carbonyl (C=O) groups excluding carboxylic acids is 1. The fraction of sp³-hybridized carbons (Fsp3) is 0.462. The molecule has 88 valence electrons. The maximum atomic E-state index is 11.7. The average molecular weight is 240 g/mol. The first kappa shape index (κ1) is 13.0. The molecule has 3 heteroatoms. The SMILES string of the molecule is CCCCCN(C(=O)CCl)c1ccccc1. The summed E-state index contributed by atoms with van der Waals surface area (Å²) in [6, 6.07) is 9.69. The van der Waals surface area contributed by atoms with Crippen molar-refractivity contribution >= 4 is 23.2 Å². The van der Waals surface area contributed by atoms with Gasteiger partial charge in [0.25, 0.3) is 0 Å². The number of benzene rings is 1. The zero-order valence-corrected chi connectivity index (χ0v) is 10.4. The molecule has 0 N–H and O–H groups in total. The van der Waals surface area contributed by atoms with Gasteiger partial charge in [0.1, 0.15) is 5.88 Å². The van der Waals surface area contributed by atoms with Crippen LogP contribution in [0.2, 0.25) is 0 Å². The van der Waals surface area contributed by atoms with E-state index in [0.717, 1.165) is 31.5 Å². The number of para-hydroxylation sites is 1. The van der Waals surface area contributed by atoms with Crippen LogP contribution in [-0.2, 0) is 4.79 Å². The molecule has 1 aromatic carbocycles. The lowest BCUT2D eigenvalue weighted by atomic mass is 10.2. The van der Waals surface area contributed by atoms with Gasteiger partial charge in [0.15, 0.2) is 0 Å². The highest BCUT2D eigenvalue weighted by Crippen LogP contribution is 2.15. The normalized spacial score (nSPS) is 10.1. The molecule has 0 heterocycles. The fourth-order valence-electron chi connectivity index (χ4n) is 1.60. The van der Waals surface area contributed by atoms with Crippen molar-refractivity contribution in [1.29, 1.82) is 0 Å². The number of unbranched alkanes of at least 4 members (excludes halogenated alkanes) is 2. The molecule has 16 heavy (non-hydrogen) atoms. The van der Waals surface area contributed by atoms with Gasteiger partial charge in [-0.2, -0.15) is 0 Å². The molecule has 0 spiro atoms. The third kappa shape index (κ3) is 3.86. The van der Waals surface area contributed by atoms with Crippen LogP contribution in [0.4, 0.5) is 5.69 Å². The lowest BCUT2D eigenvalue weighted by Crippen LogP contribution is -2.32. The highest BCUT2D eigenvalue weighted by atomic mass is 35.5. The average Bonchev–Trinajstić information content (AvgIpc) is 2.35. The number of rotatable bonds is 6. The second-order valence-corrected chi connectivity index (χ2v) is 3.99. The minimum Gasteiger partial charge on any atom is -0.311 e. The van der Waals surface area contributed by atoms with Crippen molar-refractivity contribution in [2.24, 2.45) is 0 Å². The standard InChI is InChI=1S/C13H18ClNO/c1-2-3-7-10-15(13(16)11-14)12-8-5-4-6-9-12/h4-6,8-9H,2-3,7,10-11H2,1H3. The van der Waals surface area contributed by atoms with Crippen molar-refractivity contribution in [2.75, 3.05) is 17.3 Å². The van der Waals surface area contributed by atoms with E-state index in [-0.39, 0.29) is 11.8 Å². The van der Waals surface area contributed by atoms with Gasteiger partial charge in [0.05, 0.1) is 0 Å². The van der Waals surface area contributed by atoms with Gasteiger partial charge in [-0.05, 0) is 18.6 Å². The number of hydrogen-bond acceptors (Lipinski definition) is 1. The van der Waals surface area contributed by atoms with Gasteiger partial charge in [0, 0.05) is 12.2 Å². The minimum absolute atomic E-state index is 0.0241. The van der Waals surface area contributed by atoms with Crippen LogP contribution < -0.4 is 4.90 Å². The Morgan fingerprint density at radius 2 is 1.94 bits per heavy atom. The lowest BCUT2D eigenvalue weighted by Gasteiger charge is -2.21. The third-order valence-electron chi connectivity index (χ3n) is 2.47. The maximum Gasteiger partial charge on any atom is 0.241 e. The lowest BCUT2D eigenvalue weighted by molar-refractivity contribution is -0.116. The summed E-state index contributed by atoms with van der Waals surface area (Å²) in [5.74, 6) is 0.0186. The van der Waals surface area contributed by atoms with Crippen LogP contribution in [0.3, 0.4) is 0 Å². The summed E-state index contributed by atoms with van der Waals surface area (Å²) in [6.07, 6.45) is 3.31. The molecule has 0 fully saturated rings. The van der Waals surface area contributed by atoms with Crippen molar-refractivity contribution in [3.63, 3.8) is 0 Å². The van der Waals surface area contributed by atoms with Gasteiger partial charge in [-0.3, -0.25) is 4.79 Å². The molecule has 1 rings (SSSR count). The molecule has 0 bridgehead atoms. The molecule has 0 aliphatic rings. The number of hydrogen-bond donors (Lipinski definition) is 0. The Bertz CT molecular complexity index is 313. The molecule has 0 aromatic heterocycles. The first-order valence-corrected chi connectivity index (χ1v) is 6.24. The molecule has 0 saturated heterocycles. The van der Waals surface area contributed by atoms with E-state index in [2.05, 4.69) is 6.92 Å². The van der Waals surface area contributed by atoms with E-state index >= 15 is 0 Å². The first-order valence-electron chi connectivity index (χ1n) is 5.71. The van der Waals surface area contributed by atoms with Crippen LogP contribution in [0.5, 0.6) is 0 Å². The van der Waals surface area contributed by atoms with Crippen molar-refractivity contribution < 1.29 is 4.79 Å². The maximum absolute atomic E-state index is 11.7. The Hall–Kier alpha value is -1.02. The predicted octanol–water partition coefficient (Wildman–Crippen LogP) is 3.45. The topological polar surface area (TPSA) is 20.3 Å². The van der Waals surface area contributed by atoms with E-state index in [0.29, 0.717) is 0 Å². The van der Waals surface area contributed by atoms with Crippen LogP contribution in [-0.4, -0.2) is 18.3 Å². The van der Waals surface area contributed by atoms with Gasteiger partial charge in [-0.1, -0.05) is 38.0 Å². The second-order valence-electron chi connectivity index (χ2n) is 3.72. The molecule has 1 amide bonds. The van der Waals surface area contributed by atoms with E-state index in [9.17, 15) is 4.79 Å². The van der Waals surface area contributed by atoms with Crippen LogP contribution in [0, 0.1) is 0 Å². The van der Waals surface area contributed by atoms with E-state index in [1.807, 2.05) is 30.3 Å². The molecule has 0 atom stereocenters. The molecular weight excluding hydrogens is 222 g/mol. The zero-order valence-electron chi connectivity index (χ0n) is 9.66. The summed E-state index contributed by atoms with van der Waals surface area (Å²) in [5, 5.41) is 0. The van der Waals surface area contributed by atoms with Crippen molar-refractivity contribution in [3.8, 4) is 0 Å². The number of halogens is 1. The molecule has 0 aliphatic carbocycles. The van der Waals surface area contributed by atoms with Crippen LogP contribution in [0.25, 0.3) is 0 Å². The van der Waals surface area contributed by atoms with E-state index in [4.69, 9.17) is 11.6 Å². The Morgan fingerprint density at radius 1 is 1.25 bits per heavy atom. The molecule has 2 nitrogen and oxygen atoms in total. The van der Waals surface area contributed by atoms with Crippen molar-refractivity contribution in [2.45, 2.75) is 26.2 Å². The Balaban J connectivity index is 2.68. The third-order valence-corrected chi connectivity index (χ3v) is 2.70. The van der Waals surface area contributed by atoms with Crippen LogP contribution in [0.1, 0.15) is 26.2 Å². The number of carbonyl (C=O) groups is 1. The summed E-state index contributed by atoms with van der Waals surface area (Å²) < 4.78 is 0. The number of nitrogens with zero attached hydrogens (tertiary/aromatic N) is 1. The monoisotopic (exact) mass is 239 g/mol. The summed E-state index contributed by atoms with van der Waals surface area (Å²) in [5.41, 5.74) is 0.934. The largest absolute Gasteiger partial charge is 0.311 e. The molecule has 0 saturated carbocycles. The highest BCUT2D eigenvalue weighted by molar-refractivity contribution is 6.29. The van der Waals surface area contributed by atoms with Crippen LogP contribution in [0.15, 0.2) is 30.3 Å². The number of alkyl halides is 1. The summed E-state index contributed by atoms with van der Waals surface area (Å²) in [7, 11) is 0. The molecule has 0 radical (unpaired) electrons. The smallest absolute Gasteiger partial charge is 0.241 e. The minimum atomic E-state index is -0.0241. The van der Waals surface area contributed by atoms with Crippen molar-refractivity contribution in [3.05, 3.63) is 30.3 Å². The number of anilines is 1. The van der Waals surface area contributed by atoms with E-state index < -0.39 is 0 Å². The molecule has 0 aliphatic heterocycles. The Morgan fingerprint density at radius 3 is 2.50 bits per heavy atom. The fourth-order valence-corrected chi connectivity index (χ4v) is 1.74. The summed E-state index contributed by atoms with van der Waals surface area (Å²) >= 11 is 5.62. The van der Waals surface area contributed by atoms with Gasteiger partial charge < -0.3 is 4.90 Å². The van der Waals surface area contributed by atoms with E-state index in [1.165, 1.54) is 0 Å². The van der Waals surface area contributed by atoms with Crippen LogP contribution >= 0.6 is 11.6 Å². The van der Waals surface area contributed by atoms with Gasteiger partial charge in [0.2, 0.25) is 5.91 Å². The Labute approximate surface area is 102 Å². The molecular formula is C13H18ClNO. The highest BCUT2D eigenvalue weighted by Gasteiger charge is 2.13.